The van der Waals surface area contributed by atoms with Crippen LogP contribution in [-0.4, -0.2) is 14.5 Å². The van der Waals surface area contributed by atoms with E-state index in [9.17, 15) is 14.9 Å². The van der Waals surface area contributed by atoms with Crippen LogP contribution in [0.5, 0.6) is 0 Å². The molecular formula is C12H10BrN3O3. The molecule has 1 atom stereocenters. The van der Waals surface area contributed by atoms with Crippen LogP contribution in [-0.2, 0) is 6.54 Å². The lowest BCUT2D eigenvalue weighted by atomic mass is 10.1. The average molecular weight is 324 g/mol. The predicted molar refractivity (Wildman–Crippen MR) is 73.6 cm³/mol. The van der Waals surface area contributed by atoms with E-state index in [1.54, 1.807) is 4.57 Å². The van der Waals surface area contributed by atoms with E-state index in [1.165, 1.54) is 18.2 Å². The van der Waals surface area contributed by atoms with E-state index in [1.807, 2.05) is 0 Å². The van der Waals surface area contributed by atoms with Gasteiger partial charge >= 0.3 is 0 Å². The SMILES string of the molecule is O=c1c2cc([N+](=O)[O-])ccc2nc2n1CCCC2Br. The Morgan fingerprint density at radius 1 is 1.47 bits per heavy atom. The summed E-state index contributed by atoms with van der Waals surface area (Å²) in [6, 6.07) is 4.21. The summed E-state index contributed by atoms with van der Waals surface area (Å²) in [5, 5.41) is 11.1. The Morgan fingerprint density at radius 3 is 3.00 bits per heavy atom. The van der Waals surface area contributed by atoms with Crippen molar-refractivity contribution in [2.45, 2.75) is 24.2 Å². The summed E-state index contributed by atoms with van der Waals surface area (Å²) in [5.41, 5.74) is 0.221. The molecule has 1 aromatic carbocycles. The molecule has 2 aromatic rings. The highest BCUT2D eigenvalue weighted by Gasteiger charge is 2.22. The number of nitro groups is 1. The molecule has 1 aliphatic rings. The van der Waals surface area contributed by atoms with Gasteiger partial charge in [0.2, 0.25) is 0 Å². The topological polar surface area (TPSA) is 78.0 Å². The first-order valence-electron chi connectivity index (χ1n) is 5.91. The van der Waals surface area contributed by atoms with Gasteiger partial charge in [0.1, 0.15) is 5.82 Å². The normalized spacial score (nSPS) is 18.3. The monoisotopic (exact) mass is 323 g/mol. The van der Waals surface area contributed by atoms with Crippen molar-refractivity contribution in [2.24, 2.45) is 0 Å². The summed E-state index contributed by atoms with van der Waals surface area (Å²) in [5.74, 6) is 0.706. The molecule has 0 bridgehead atoms. The first-order valence-corrected chi connectivity index (χ1v) is 6.82. The molecule has 7 heteroatoms. The highest BCUT2D eigenvalue weighted by Crippen LogP contribution is 2.31. The molecule has 0 aliphatic carbocycles. The van der Waals surface area contributed by atoms with Crippen LogP contribution in [0.1, 0.15) is 23.5 Å². The maximum absolute atomic E-state index is 12.4. The molecule has 1 aliphatic heterocycles. The van der Waals surface area contributed by atoms with E-state index in [2.05, 4.69) is 20.9 Å². The number of hydrogen-bond acceptors (Lipinski definition) is 4. The molecule has 0 saturated carbocycles. The van der Waals surface area contributed by atoms with Gasteiger partial charge in [0, 0.05) is 18.7 Å². The fraction of sp³-hybridized carbons (Fsp3) is 0.333. The lowest BCUT2D eigenvalue weighted by molar-refractivity contribution is -0.384. The molecule has 0 saturated heterocycles. The molecule has 1 unspecified atom stereocenters. The zero-order chi connectivity index (χ0) is 13.6. The lowest BCUT2D eigenvalue weighted by Crippen LogP contribution is -2.29. The highest BCUT2D eigenvalue weighted by molar-refractivity contribution is 9.09. The molecule has 2 heterocycles. The van der Waals surface area contributed by atoms with Crippen LogP contribution in [0, 0.1) is 10.1 Å². The van der Waals surface area contributed by atoms with E-state index < -0.39 is 4.92 Å². The Kier molecular flexibility index (Phi) is 2.85. The fourth-order valence-corrected chi connectivity index (χ4v) is 3.03. The molecule has 0 amide bonds. The Balaban J connectivity index is 2.33. The van der Waals surface area contributed by atoms with Gasteiger partial charge in [0.15, 0.2) is 0 Å². The molecular weight excluding hydrogens is 314 g/mol. The lowest BCUT2D eigenvalue weighted by Gasteiger charge is -2.22. The van der Waals surface area contributed by atoms with Crippen LogP contribution in [0.4, 0.5) is 5.69 Å². The Hall–Kier alpha value is -1.76. The number of aromatic nitrogens is 2. The zero-order valence-corrected chi connectivity index (χ0v) is 11.5. The van der Waals surface area contributed by atoms with E-state index >= 15 is 0 Å². The maximum Gasteiger partial charge on any atom is 0.270 e. The van der Waals surface area contributed by atoms with Crippen molar-refractivity contribution >= 4 is 32.5 Å². The summed E-state index contributed by atoms with van der Waals surface area (Å²) in [4.78, 5) is 27.1. The standard InChI is InChI=1S/C12H10BrN3O3/c13-9-2-1-5-15-11(9)14-10-4-3-7(16(18)19)6-8(10)12(15)17/h3-4,6,9H,1-2,5H2. The minimum Gasteiger partial charge on any atom is -0.295 e. The molecule has 19 heavy (non-hydrogen) atoms. The van der Waals surface area contributed by atoms with Gasteiger partial charge in [-0.25, -0.2) is 4.98 Å². The van der Waals surface area contributed by atoms with Crippen LogP contribution in [0.2, 0.25) is 0 Å². The number of rotatable bonds is 1. The smallest absolute Gasteiger partial charge is 0.270 e. The average Bonchev–Trinajstić information content (AvgIpc) is 2.40. The Bertz CT molecular complexity index is 741. The number of fused-ring (bicyclic) bond motifs is 2. The molecule has 0 spiro atoms. The number of non-ortho nitro benzene ring substituents is 1. The number of nitro benzene ring substituents is 1. The minimum atomic E-state index is -0.504. The van der Waals surface area contributed by atoms with E-state index in [0.29, 0.717) is 23.3 Å². The first-order chi connectivity index (χ1) is 9.08. The first kappa shape index (κ1) is 12.3. The summed E-state index contributed by atoms with van der Waals surface area (Å²) in [6.07, 6.45) is 1.83. The van der Waals surface area contributed by atoms with Gasteiger partial charge in [-0.05, 0) is 18.9 Å². The van der Waals surface area contributed by atoms with Crippen molar-refractivity contribution in [3.8, 4) is 0 Å². The van der Waals surface area contributed by atoms with Crippen LogP contribution in [0.25, 0.3) is 10.9 Å². The predicted octanol–water partition coefficient (Wildman–Crippen LogP) is 2.53. The van der Waals surface area contributed by atoms with Crippen molar-refractivity contribution in [1.29, 1.82) is 0 Å². The Morgan fingerprint density at radius 2 is 2.26 bits per heavy atom. The third-order valence-corrected chi connectivity index (χ3v) is 4.16. The van der Waals surface area contributed by atoms with Crippen molar-refractivity contribution < 1.29 is 4.92 Å². The Labute approximate surface area is 116 Å². The van der Waals surface area contributed by atoms with E-state index in [-0.39, 0.29) is 16.1 Å². The van der Waals surface area contributed by atoms with Gasteiger partial charge in [-0.3, -0.25) is 19.5 Å². The number of alkyl halides is 1. The summed E-state index contributed by atoms with van der Waals surface area (Å²) >= 11 is 3.51. The van der Waals surface area contributed by atoms with Gasteiger partial charge in [-0.15, -0.1) is 0 Å². The van der Waals surface area contributed by atoms with Crippen LogP contribution < -0.4 is 5.56 Å². The third kappa shape index (κ3) is 1.94. The van der Waals surface area contributed by atoms with Gasteiger partial charge in [0.25, 0.3) is 11.2 Å². The maximum atomic E-state index is 12.4. The second-order valence-corrected chi connectivity index (χ2v) is 5.60. The molecule has 1 aromatic heterocycles. The zero-order valence-electron chi connectivity index (χ0n) is 9.88. The second-order valence-electron chi connectivity index (χ2n) is 4.50. The van der Waals surface area contributed by atoms with Gasteiger partial charge in [-0.2, -0.15) is 0 Å². The molecule has 3 rings (SSSR count). The number of benzene rings is 1. The summed E-state index contributed by atoms with van der Waals surface area (Å²) in [7, 11) is 0. The summed E-state index contributed by atoms with van der Waals surface area (Å²) < 4.78 is 1.61. The summed E-state index contributed by atoms with van der Waals surface area (Å²) in [6.45, 7) is 0.613. The number of hydrogen-bond donors (Lipinski definition) is 0. The van der Waals surface area contributed by atoms with Crippen LogP contribution in [0.3, 0.4) is 0 Å². The molecule has 0 fully saturated rings. The van der Waals surface area contributed by atoms with Crippen LogP contribution >= 0.6 is 15.9 Å². The highest BCUT2D eigenvalue weighted by atomic mass is 79.9. The third-order valence-electron chi connectivity index (χ3n) is 3.30. The second kappa shape index (κ2) is 4.41. The number of halogens is 1. The molecule has 6 nitrogen and oxygen atoms in total. The van der Waals surface area contributed by atoms with Crippen LogP contribution in [0.15, 0.2) is 23.0 Å². The van der Waals surface area contributed by atoms with Gasteiger partial charge < -0.3 is 0 Å². The van der Waals surface area contributed by atoms with Gasteiger partial charge in [0.05, 0.1) is 20.7 Å². The molecule has 98 valence electrons. The van der Waals surface area contributed by atoms with Crippen molar-refractivity contribution in [3.63, 3.8) is 0 Å². The fourth-order valence-electron chi connectivity index (χ4n) is 2.35. The minimum absolute atomic E-state index is 0.0635. The van der Waals surface area contributed by atoms with Gasteiger partial charge in [-0.1, -0.05) is 15.9 Å². The van der Waals surface area contributed by atoms with Crippen molar-refractivity contribution in [3.05, 3.63) is 44.5 Å². The number of nitrogens with zero attached hydrogens (tertiary/aromatic N) is 3. The van der Waals surface area contributed by atoms with E-state index in [4.69, 9.17) is 0 Å². The van der Waals surface area contributed by atoms with Crippen molar-refractivity contribution in [2.75, 3.05) is 0 Å². The largest absolute Gasteiger partial charge is 0.295 e. The molecule has 0 N–H and O–H groups in total. The van der Waals surface area contributed by atoms with E-state index in [0.717, 1.165) is 12.8 Å². The quantitative estimate of drug-likeness (QED) is 0.459. The van der Waals surface area contributed by atoms with Crippen molar-refractivity contribution in [1.82, 2.24) is 9.55 Å². The molecule has 0 radical (unpaired) electrons.